The van der Waals surface area contributed by atoms with Crippen molar-refractivity contribution in [2.45, 2.75) is 13.3 Å². The van der Waals surface area contributed by atoms with Gasteiger partial charge in [0.15, 0.2) is 0 Å². The smallest absolute Gasteiger partial charge is 0.251 e. The van der Waals surface area contributed by atoms with Crippen LogP contribution >= 0.6 is 0 Å². The fourth-order valence-electron chi connectivity index (χ4n) is 2.23. The minimum atomic E-state index is -0.111. The normalized spacial score (nSPS) is 10.1. The van der Waals surface area contributed by atoms with Crippen LogP contribution in [0, 0.1) is 6.92 Å². The quantitative estimate of drug-likeness (QED) is 0.890. The zero-order chi connectivity index (χ0) is 15.9. The second kappa shape index (κ2) is 7.45. The third-order valence-electron chi connectivity index (χ3n) is 3.42. The number of methoxy groups -OCH3 is 2. The van der Waals surface area contributed by atoms with E-state index in [4.69, 9.17) is 9.47 Å². The van der Waals surface area contributed by atoms with E-state index in [-0.39, 0.29) is 5.91 Å². The van der Waals surface area contributed by atoms with Crippen LogP contribution in [0.1, 0.15) is 21.5 Å². The Kier molecular flexibility index (Phi) is 5.36. The van der Waals surface area contributed by atoms with Gasteiger partial charge < -0.3 is 14.8 Å². The molecule has 0 fully saturated rings. The van der Waals surface area contributed by atoms with E-state index in [1.807, 2.05) is 19.1 Å². The highest BCUT2D eigenvalue weighted by Crippen LogP contribution is 2.28. The minimum absolute atomic E-state index is 0.111. The Bertz CT molecular complexity index is 642. The molecule has 1 aromatic carbocycles. The molecule has 1 amide bonds. The summed E-state index contributed by atoms with van der Waals surface area (Å²) in [7, 11) is 3.28. The summed E-state index contributed by atoms with van der Waals surface area (Å²) >= 11 is 0. The lowest BCUT2D eigenvalue weighted by molar-refractivity contribution is 0.0954. The van der Waals surface area contributed by atoms with Crippen LogP contribution in [0.2, 0.25) is 0 Å². The van der Waals surface area contributed by atoms with Crippen molar-refractivity contribution in [3.05, 3.63) is 53.3 Å². The molecular weight excluding hydrogens is 280 g/mol. The molecule has 2 rings (SSSR count). The van der Waals surface area contributed by atoms with E-state index < -0.39 is 0 Å². The van der Waals surface area contributed by atoms with Crippen LogP contribution in [0.25, 0.3) is 0 Å². The molecule has 2 aromatic rings. The van der Waals surface area contributed by atoms with Crippen molar-refractivity contribution in [3.63, 3.8) is 0 Å². The number of carbonyl (C=O) groups excluding carboxylic acids is 1. The zero-order valence-electron chi connectivity index (χ0n) is 13.1. The van der Waals surface area contributed by atoms with Gasteiger partial charge in [0.1, 0.15) is 11.5 Å². The molecule has 0 unspecified atom stereocenters. The van der Waals surface area contributed by atoms with Gasteiger partial charge in [-0.2, -0.15) is 0 Å². The lowest BCUT2D eigenvalue weighted by Crippen LogP contribution is -2.25. The summed E-state index contributed by atoms with van der Waals surface area (Å²) in [6, 6.07) is 7.27. The van der Waals surface area contributed by atoms with Crippen LogP contribution < -0.4 is 14.8 Å². The monoisotopic (exact) mass is 300 g/mol. The Balaban J connectivity index is 2.01. The molecule has 1 N–H and O–H groups in total. The number of amides is 1. The van der Waals surface area contributed by atoms with Crippen LogP contribution in [0.15, 0.2) is 36.7 Å². The maximum atomic E-state index is 12.0. The Hall–Kier alpha value is -2.56. The van der Waals surface area contributed by atoms with Gasteiger partial charge in [-0.1, -0.05) is 0 Å². The Morgan fingerprint density at radius 1 is 1.14 bits per heavy atom. The molecule has 0 atom stereocenters. The SMILES string of the molecule is COc1cc(CCNC(=O)c2ccncc2)c(OC)cc1C. The second-order valence-corrected chi connectivity index (χ2v) is 4.88. The third-order valence-corrected chi connectivity index (χ3v) is 3.42. The fraction of sp³-hybridized carbons (Fsp3) is 0.294. The van der Waals surface area contributed by atoms with Crippen LogP contribution in [0.4, 0.5) is 0 Å². The molecule has 116 valence electrons. The van der Waals surface area contributed by atoms with Crippen LogP contribution in [-0.4, -0.2) is 31.7 Å². The first kappa shape index (κ1) is 15.8. The van der Waals surface area contributed by atoms with Gasteiger partial charge in [-0.25, -0.2) is 0 Å². The van der Waals surface area contributed by atoms with E-state index in [9.17, 15) is 4.79 Å². The number of ether oxygens (including phenoxy) is 2. The van der Waals surface area contributed by atoms with Crippen molar-refractivity contribution in [1.29, 1.82) is 0 Å². The summed E-state index contributed by atoms with van der Waals surface area (Å²) in [6.45, 7) is 2.49. The third kappa shape index (κ3) is 3.75. The van der Waals surface area contributed by atoms with Crippen molar-refractivity contribution < 1.29 is 14.3 Å². The van der Waals surface area contributed by atoms with Gasteiger partial charge in [-0.05, 0) is 48.7 Å². The van der Waals surface area contributed by atoms with Crippen LogP contribution in [0.5, 0.6) is 11.5 Å². The Morgan fingerprint density at radius 2 is 1.82 bits per heavy atom. The van der Waals surface area contributed by atoms with Crippen LogP contribution in [0.3, 0.4) is 0 Å². The van der Waals surface area contributed by atoms with E-state index in [2.05, 4.69) is 10.3 Å². The maximum absolute atomic E-state index is 12.0. The van der Waals surface area contributed by atoms with E-state index in [1.165, 1.54) is 0 Å². The molecule has 5 heteroatoms. The van der Waals surface area contributed by atoms with E-state index in [0.717, 1.165) is 22.6 Å². The summed E-state index contributed by atoms with van der Waals surface area (Å²) in [5, 5.41) is 2.89. The molecular formula is C17H20N2O3. The number of pyridine rings is 1. The van der Waals surface area contributed by atoms with Gasteiger partial charge in [0.05, 0.1) is 14.2 Å². The van der Waals surface area contributed by atoms with E-state index >= 15 is 0 Å². The molecule has 0 aliphatic rings. The van der Waals surface area contributed by atoms with Gasteiger partial charge in [0, 0.05) is 24.5 Å². The van der Waals surface area contributed by atoms with Gasteiger partial charge in [0.2, 0.25) is 0 Å². The molecule has 1 heterocycles. The predicted molar refractivity (Wildman–Crippen MR) is 84.6 cm³/mol. The minimum Gasteiger partial charge on any atom is -0.496 e. The number of nitrogens with zero attached hydrogens (tertiary/aromatic N) is 1. The van der Waals surface area contributed by atoms with Crippen molar-refractivity contribution in [2.75, 3.05) is 20.8 Å². The first-order chi connectivity index (χ1) is 10.7. The standard InChI is InChI=1S/C17H20N2O3/c1-12-10-16(22-3)14(11-15(12)21-2)6-9-19-17(20)13-4-7-18-8-5-13/h4-5,7-8,10-11H,6,9H2,1-3H3,(H,19,20). The van der Waals surface area contributed by atoms with Gasteiger partial charge in [-0.3, -0.25) is 9.78 Å². The molecule has 0 saturated carbocycles. The predicted octanol–water partition coefficient (Wildman–Crippen LogP) is 2.38. The van der Waals surface area contributed by atoms with E-state index in [1.54, 1.807) is 38.7 Å². The highest BCUT2D eigenvalue weighted by molar-refractivity contribution is 5.93. The number of carbonyl (C=O) groups is 1. The number of hydrogen-bond donors (Lipinski definition) is 1. The number of benzene rings is 1. The first-order valence-electron chi connectivity index (χ1n) is 7.05. The topological polar surface area (TPSA) is 60.5 Å². The van der Waals surface area contributed by atoms with Crippen LogP contribution in [-0.2, 0) is 6.42 Å². The van der Waals surface area contributed by atoms with Crippen molar-refractivity contribution in [3.8, 4) is 11.5 Å². The summed E-state index contributed by atoms with van der Waals surface area (Å²) in [6.07, 6.45) is 3.86. The number of aromatic nitrogens is 1. The fourth-order valence-corrected chi connectivity index (χ4v) is 2.23. The van der Waals surface area contributed by atoms with E-state index in [0.29, 0.717) is 18.5 Å². The van der Waals surface area contributed by atoms with Gasteiger partial charge in [-0.15, -0.1) is 0 Å². The summed E-state index contributed by atoms with van der Waals surface area (Å²) in [5.41, 5.74) is 2.62. The summed E-state index contributed by atoms with van der Waals surface area (Å²) in [4.78, 5) is 15.9. The zero-order valence-corrected chi connectivity index (χ0v) is 13.1. The van der Waals surface area contributed by atoms with Crippen molar-refractivity contribution in [2.24, 2.45) is 0 Å². The number of nitrogens with one attached hydrogen (secondary N) is 1. The molecule has 5 nitrogen and oxygen atoms in total. The molecule has 22 heavy (non-hydrogen) atoms. The first-order valence-corrected chi connectivity index (χ1v) is 7.05. The lowest BCUT2D eigenvalue weighted by atomic mass is 10.1. The Labute approximate surface area is 130 Å². The lowest BCUT2D eigenvalue weighted by Gasteiger charge is -2.13. The average molecular weight is 300 g/mol. The molecule has 0 aliphatic carbocycles. The highest BCUT2D eigenvalue weighted by atomic mass is 16.5. The summed E-state index contributed by atoms with van der Waals surface area (Å²) in [5.74, 6) is 1.51. The number of aryl methyl sites for hydroxylation is 1. The molecule has 0 aliphatic heterocycles. The molecule has 0 spiro atoms. The second-order valence-electron chi connectivity index (χ2n) is 4.88. The molecule has 0 bridgehead atoms. The van der Waals surface area contributed by atoms with Crippen molar-refractivity contribution in [1.82, 2.24) is 10.3 Å². The Morgan fingerprint density at radius 3 is 2.45 bits per heavy atom. The number of rotatable bonds is 6. The summed E-state index contributed by atoms with van der Waals surface area (Å²) < 4.78 is 10.7. The largest absolute Gasteiger partial charge is 0.496 e. The van der Waals surface area contributed by atoms with Gasteiger partial charge >= 0.3 is 0 Å². The van der Waals surface area contributed by atoms with Gasteiger partial charge in [0.25, 0.3) is 5.91 Å². The average Bonchev–Trinajstić information content (AvgIpc) is 2.56. The molecule has 0 saturated heterocycles. The highest BCUT2D eigenvalue weighted by Gasteiger charge is 2.10. The maximum Gasteiger partial charge on any atom is 0.251 e. The number of hydrogen-bond acceptors (Lipinski definition) is 4. The van der Waals surface area contributed by atoms with Crippen molar-refractivity contribution >= 4 is 5.91 Å². The molecule has 1 aromatic heterocycles. The molecule has 0 radical (unpaired) electrons.